The summed E-state index contributed by atoms with van der Waals surface area (Å²) in [5.41, 5.74) is 0.963. The van der Waals surface area contributed by atoms with Crippen LogP contribution in [0.2, 0.25) is 0 Å². The molecule has 18 heavy (non-hydrogen) atoms. The van der Waals surface area contributed by atoms with Crippen molar-refractivity contribution in [3.05, 3.63) is 29.8 Å². The van der Waals surface area contributed by atoms with Gasteiger partial charge in [0.15, 0.2) is 6.29 Å². The minimum Gasteiger partial charge on any atom is -0.494 e. The highest BCUT2D eigenvalue weighted by Crippen LogP contribution is 2.26. The molecule has 0 aliphatic heterocycles. The fourth-order valence-electron chi connectivity index (χ4n) is 2.08. The Morgan fingerprint density at radius 1 is 1.06 bits per heavy atom. The second-order valence-electron chi connectivity index (χ2n) is 4.52. The minimum absolute atomic E-state index is 0.202. The highest BCUT2D eigenvalue weighted by atomic mass is 16.5. The van der Waals surface area contributed by atoms with Crippen molar-refractivity contribution >= 4 is 0 Å². The summed E-state index contributed by atoms with van der Waals surface area (Å²) >= 11 is 0. The molecule has 0 heterocycles. The molecule has 1 rings (SSSR count). The van der Waals surface area contributed by atoms with Crippen molar-refractivity contribution in [1.29, 1.82) is 0 Å². The van der Waals surface area contributed by atoms with Crippen molar-refractivity contribution in [3.8, 4) is 5.75 Å². The van der Waals surface area contributed by atoms with Crippen LogP contribution in [0.1, 0.15) is 51.0 Å². The molecule has 1 aromatic rings. The van der Waals surface area contributed by atoms with Crippen molar-refractivity contribution in [3.63, 3.8) is 0 Å². The lowest BCUT2D eigenvalue weighted by atomic mass is 9.92. The number of hydrogen-bond donors (Lipinski definition) is 2. The third-order valence-electron chi connectivity index (χ3n) is 3.10. The smallest absolute Gasteiger partial charge is 0.158 e. The second-order valence-corrected chi connectivity index (χ2v) is 4.52. The fraction of sp³-hybridized carbons (Fsp3) is 0.600. The molecule has 0 radical (unpaired) electrons. The Morgan fingerprint density at radius 3 is 2.22 bits per heavy atom. The third-order valence-corrected chi connectivity index (χ3v) is 3.10. The van der Waals surface area contributed by atoms with Crippen LogP contribution in [-0.4, -0.2) is 23.1 Å². The molecular weight excluding hydrogens is 228 g/mol. The van der Waals surface area contributed by atoms with Crippen LogP contribution in [-0.2, 0) is 0 Å². The van der Waals surface area contributed by atoms with Crippen LogP contribution in [0.4, 0.5) is 0 Å². The summed E-state index contributed by atoms with van der Waals surface area (Å²) in [7, 11) is 0. The van der Waals surface area contributed by atoms with Gasteiger partial charge in [-0.05, 0) is 31.0 Å². The van der Waals surface area contributed by atoms with E-state index < -0.39 is 6.29 Å². The summed E-state index contributed by atoms with van der Waals surface area (Å²) in [6.45, 7) is 4.72. The van der Waals surface area contributed by atoms with Gasteiger partial charge < -0.3 is 14.9 Å². The Labute approximate surface area is 109 Å². The lowest BCUT2D eigenvalue weighted by molar-refractivity contribution is -0.0624. The van der Waals surface area contributed by atoms with Crippen LogP contribution >= 0.6 is 0 Å². The van der Waals surface area contributed by atoms with Gasteiger partial charge in [-0.25, -0.2) is 0 Å². The van der Waals surface area contributed by atoms with Crippen LogP contribution in [0.15, 0.2) is 24.3 Å². The number of benzene rings is 1. The average molecular weight is 252 g/mol. The number of aliphatic hydroxyl groups excluding tert-OH is 1. The molecular formula is C15H24O3. The van der Waals surface area contributed by atoms with Gasteiger partial charge in [0.2, 0.25) is 0 Å². The molecule has 0 saturated heterocycles. The molecule has 0 amide bonds. The zero-order chi connectivity index (χ0) is 13.4. The largest absolute Gasteiger partial charge is 0.494 e. The van der Waals surface area contributed by atoms with Gasteiger partial charge in [0.25, 0.3) is 0 Å². The van der Waals surface area contributed by atoms with E-state index in [9.17, 15) is 10.2 Å². The van der Waals surface area contributed by atoms with Gasteiger partial charge in [0, 0.05) is 5.92 Å². The quantitative estimate of drug-likeness (QED) is 0.552. The predicted octanol–water partition coefficient (Wildman–Crippen LogP) is 3.06. The maximum Gasteiger partial charge on any atom is 0.158 e. The monoisotopic (exact) mass is 252 g/mol. The van der Waals surface area contributed by atoms with Crippen LogP contribution in [0, 0.1) is 0 Å². The summed E-state index contributed by atoms with van der Waals surface area (Å²) in [6.07, 6.45) is 2.79. The first-order chi connectivity index (χ1) is 8.69. The SMILES string of the molecule is CCCCCC(c1ccc(OCC)cc1)C(O)O. The Bertz CT molecular complexity index is 319. The number of unbranched alkanes of at least 4 members (excludes halogenated alkanes) is 2. The van der Waals surface area contributed by atoms with Crippen molar-refractivity contribution in [2.45, 2.75) is 51.7 Å². The molecule has 2 N–H and O–H groups in total. The first-order valence-corrected chi connectivity index (χ1v) is 6.78. The molecule has 1 unspecified atom stereocenters. The van der Waals surface area contributed by atoms with Gasteiger partial charge in [-0.2, -0.15) is 0 Å². The molecule has 1 atom stereocenters. The Kier molecular flexibility index (Phi) is 6.76. The molecule has 0 bridgehead atoms. The number of hydrogen-bond acceptors (Lipinski definition) is 3. The molecule has 0 aliphatic carbocycles. The Balaban J connectivity index is 2.66. The van der Waals surface area contributed by atoms with Crippen LogP contribution in [0.25, 0.3) is 0 Å². The molecule has 1 aromatic carbocycles. The van der Waals surface area contributed by atoms with Gasteiger partial charge in [-0.1, -0.05) is 38.3 Å². The first-order valence-electron chi connectivity index (χ1n) is 6.78. The standard InChI is InChI=1S/C15H24O3/c1-3-5-6-7-14(15(16)17)12-8-10-13(11-9-12)18-4-2/h8-11,14-17H,3-7H2,1-2H3. The Hall–Kier alpha value is -1.06. The number of ether oxygens (including phenoxy) is 1. The molecule has 0 fully saturated rings. The highest BCUT2D eigenvalue weighted by Gasteiger charge is 2.18. The second kappa shape index (κ2) is 8.11. The van der Waals surface area contributed by atoms with E-state index in [4.69, 9.17) is 4.74 Å². The van der Waals surface area contributed by atoms with Gasteiger partial charge in [-0.3, -0.25) is 0 Å². The first kappa shape index (κ1) is 15.0. The Morgan fingerprint density at radius 2 is 1.72 bits per heavy atom. The fourth-order valence-corrected chi connectivity index (χ4v) is 2.08. The van der Waals surface area contributed by atoms with Crippen LogP contribution in [0.3, 0.4) is 0 Å². The van der Waals surface area contributed by atoms with Crippen molar-refractivity contribution in [2.75, 3.05) is 6.61 Å². The molecule has 0 aromatic heterocycles. The summed E-state index contributed by atoms with van der Waals surface area (Å²) in [6, 6.07) is 7.60. The number of aliphatic hydroxyl groups is 2. The maximum atomic E-state index is 9.46. The van der Waals surface area contributed by atoms with E-state index in [-0.39, 0.29) is 5.92 Å². The van der Waals surface area contributed by atoms with Crippen molar-refractivity contribution in [1.82, 2.24) is 0 Å². The number of rotatable bonds is 8. The molecule has 102 valence electrons. The van der Waals surface area contributed by atoms with Crippen molar-refractivity contribution in [2.24, 2.45) is 0 Å². The summed E-state index contributed by atoms with van der Waals surface area (Å²) < 4.78 is 5.37. The summed E-state index contributed by atoms with van der Waals surface area (Å²) in [5, 5.41) is 18.9. The van der Waals surface area contributed by atoms with E-state index in [1.54, 1.807) is 0 Å². The maximum absolute atomic E-state index is 9.46. The third kappa shape index (κ3) is 4.67. The summed E-state index contributed by atoms with van der Waals surface area (Å²) in [4.78, 5) is 0. The van der Waals surface area contributed by atoms with Crippen LogP contribution in [0.5, 0.6) is 5.75 Å². The molecule has 0 aliphatic rings. The van der Waals surface area contributed by atoms with Gasteiger partial charge in [0.1, 0.15) is 5.75 Å². The topological polar surface area (TPSA) is 49.7 Å². The van der Waals surface area contributed by atoms with Crippen molar-refractivity contribution < 1.29 is 14.9 Å². The van der Waals surface area contributed by atoms with E-state index in [0.29, 0.717) is 6.61 Å². The zero-order valence-electron chi connectivity index (χ0n) is 11.3. The van der Waals surface area contributed by atoms with Crippen LogP contribution < -0.4 is 4.74 Å². The minimum atomic E-state index is -1.29. The molecule has 0 saturated carbocycles. The molecule has 3 heteroatoms. The van der Waals surface area contributed by atoms with E-state index in [0.717, 1.165) is 37.0 Å². The van der Waals surface area contributed by atoms with E-state index in [1.807, 2.05) is 31.2 Å². The van der Waals surface area contributed by atoms with Gasteiger partial charge >= 0.3 is 0 Å². The molecule has 0 spiro atoms. The highest BCUT2D eigenvalue weighted by molar-refractivity contribution is 5.29. The predicted molar refractivity (Wildman–Crippen MR) is 72.7 cm³/mol. The van der Waals surface area contributed by atoms with E-state index in [2.05, 4.69) is 6.92 Å². The zero-order valence-corrected chi connectivity index (χ0v) is 11.3. The van der Waals surface area contributed by atoms with E-state index in [1.165, 1.54) is 0 Å². The lowest BCUT2D eigenvalue weighted by Gasteiger charge is -2.19. The van der Waals surface area contributed by atoms with E-state index >= 15 is 0 Å². The normalized spacial score (nSPS) is 12.7. The lowest BCUT2D eigenvalue weighted by Crippen LogP contribution is -2.17. The average Bonchev–Trinajstić information content (AvgIpc) is 2.36. The molecule has 3 nitrogen and oxygen atoms in total. The van der Waals surface area contributed by atoms with Gasteiger partial charge in [-0.15, -0.1) is 0 Å². The summed E-state index contributed by atoms with van der Waals surface area (Å²) in [5.74, 6) is 0.619. The van der Waals surface area contributed by atoms with Gasteiger partial charge in [0.05, 0.1) is 6.61 Å².